The number of benzene rings is 1. The van der Waals surface area contributed by atoms with Gasteiger partial charge in [0.05, 0.1) is 25.2 Å². The third-order valence-electron chi connectivity index (χ3n) is 1.79. The van der Waals surface area contributed by atoms with E-state index in [-0.39, 0.29) is 24.3 Å². The minimum Gasteiger partial charge on any atom is -0.545 e. The molecule has 1 rings (SSSR count). The van der Waals surface area contributed by atoms with Crippen LogP contribution in [0, 0.1) is 0 Å². The second-order valence-electron chi connectivity index (χ2n) is 3.14. The SMILES string of the molecule is O=C([O-])c1ccccc1C(=O)[O-].OCC(O)CO. The molecule has 0 bridgehead atoms. The van der Waals surface area contributed by atoms with Gasteiger partial charge in [-0.3, -0.25) is 0 Å². The van der Waals surface area contributed by atoms with Crippen LogP contribution < -0.4 is 10.2 Å². The Labute approximate surface area is 103 Å². The number of carboxylic acids is 2. The Morgan fingerprint density at radius 1 is 1.00 bits per heavy atom. The summed E-state index contributed by atoms with van der Waals surface area (Å²) in [6, 6.07) is 5.14. The van der Waals surface area contributed by atoms with E-state index in [1.165, 1.54) is 12.1 Å². The molecule has 0 spiro atoms. The van der Waals surface area contributed by atoms with E-state index in [0.717, 1.165) is 12.1 Å². The van der Waals surface area contributed by atoms with E-state index in [0.29, 0.717) is 0 Å². The number of carboxylic acid groups (broad SMARTS) is 2. The van der Waals surface area contributed by atoms with Crippen LogP contribution in [0.2, 0.25) is 0 Å². The average molecular weight is 256 g/mol. The number of aliphatic hydroxyl groups is 3. The van der Waals surface area contributed by atoms with Gasteiger partial charge in [0.15, 0.2) is 0 Å². The van der Waals surface area contributed by atoms with Crippen molar-refractivity contribution >= 4 is 11.9 Å². The molecule has 3 N–H and O–H groups in total. The molecule has 0 radical (unpaired) electrons. The van der Waals surface area contributed by atoms with E-state index in [1.54, 1.807) is 0 Å². The summed E-state index contributed by atoms with van der Waals surface area (Å²) in [6.07, 6.45) is -0.954. The van der Waals surface area contributed by atoms with Gasteiger partial charge in [0.2, 0.25) is 0 Å². The number of aliphatic hydroxyl groups excluding tert-OH is 3. The van der Waals surface area contributed by atoms with Crippen molar-refractivity contribution in [1.82, 2.24) is 0 Å². The van der Waals surface area contributed by atoms with Gasteiger partial charge < -0.3 is 35.1 Å². The van der Waals surface area contributed by atoms with Crippen LogP contribution in [-0.4, -0.2) is 46.6 Å². The highest BCUT2D eigenvalue weighted by Crippen LogP contribution is 2.05. The summed E-state index contributed by atoms with van der Waals surface area (Å²) in [5.41, 5.74) is -0.727. The third kappa shape index (κ3) is 5.39. The quantitative estimate of drug-likeness (QED) is 0.513. The van der Waals surface area contributed by atoms with Crippen LogP contribution in [0.4, 0.5) is 0 Å². The molecule has 18 heavy (non-hydrogen) atoms. The maximum absolute atomic E-state index is 10.3. The molecular weight excluding hydrogens is 244 g/mol. The number of hydrogen-bond donors (Lipinski definition) is 3. The number of rotatable bonds is 4. The van der Waals surface area contributed by atoms with Crippen molar-refractivity contribution in [2.24, 2.45) is 0 Å². The molecule has 0 heterocycles. The van der Waals surface area contributed by atoms with E-state index >= 15 is 0 Å². The predicted octanol–water partition coefficient (Wildman–Crippen LogP) is -3.25. The summed E-state index contributed by atoms with van der Waals surface area (Å²) in [4.78, 5) is 20.6. The zero-order valence-electron chi connectivity index (χ0n) is 9.28. The minimum atomic E-state index is -1.52. The minimum absolute atomic E-state index is 0.363. The van der Waals surface area contributed by atoms with Gasteiger partial charge in [-0.15, -0.1) is 0 Å². The van der Waals surface area contributed by atoms with Crippen LogP contribution in [0.15, 0.2) is 24.3 Å². The zero-order valence-corrected chi connectivity index (χ0v) is 9.28. The Bertz CT molecular complexity index is 365. The maximum atomic E-state index is 10.3. The van der Waals surface area contributed by atoms with E-state index in [1.807, 2.05) is 0 Å². The molecule has 0 saturated heterocycles. The van der Waals surface area contributed by atoms with Crippen molar-refractivity contribution in [3.05, 3.63) is 35.4 Å². The first-order valence-corrected chi connectivity index (χ1v) is 4.85. The summed E-state index contributed by atoms with van der Waals surface area (Å²) in [5.74, 6) is -3.04. The molecule has 0 aliphatic carbocycles. The lowest BCUT2D eigenvalue weighted by atomic mass is 10.1. The first-order valence-electron chi connectivity index (χ1n) is 4.85. The lowest BCUT2D eigenvalue weighted by molar-refractivity contribution is -0.259. The molecule has 0 saturated carbocycles. The maximum Gasteiger partial charge on any atom is 0.100 e. The van der Waals surface area contributed by atoms with Crippen LogP contribution >= 0.6 is 0 Å². The largest absolute Gasteiger partial charge is 0.545 e. The van der Waals surface area contributed by atoms with Crippen molar-refractivity contribution in [3.8, 4) is 0 Å². The Hall–Kier alpha value is -1.96. The van der Waals surface area contributed by atoms with Crippen molar-refractivity contribution in [2.45, 2.75) is 6.10 Å². The normalized spacial score (nSPS) is 9.56. The lowest BCUT2D eigenvalue weighted by Gasteiger charge is -2.09. The number of carbonyl (C=O) groups is 2. The highest BCUT2D eigenvalue weighted by molar-refractivity contribution is 5.99. The molecule has 100 valence electrons. The second kappa shape index (κ2) is 8.18. The van der Waals surface area contributed by atoms with Gasteiger partial charge in [-0.25, -0.2) is 0 Å². The molecular formula is C11H12O7-2. The van der Waals surface area contributed by atoms with Crippen molar-refractivity contribution < 1.29 is 35.1 Å². The van der Waals surface area contributed by atoms with Gasteiger partial charge in [-0.2, -0.15) is 0 Å². The van der Waals surface area contributed by atoms with Crippen molar-refractivity contribution in [2.75, 3.05) is 13.2 Å². The topological polar surface area (TPSA) is 141 Å². The van der Waals surface area contributed by atoms with Crippen LogP contribution in [0.1, 0.15) is 20.7 Å². The first kappa shape index (κ1) is 16.0. The number of carbonyl (C=O) groups excluding carboxylic acids is 2. The molecule has 0 aliphatic rings. The molecule has 7 nitrogen and oxygen atoms in total. The molecule has 1 aromatic rings. The fraction of sp³-hybridized carbons (Fsp3) is 0.273. The van der Waals surface area contributed by atoms with Gasteiger partial charge >= 0.3 is 0 Å². The summed E-state index contributed by atoms with van der Waals surface area (Å²) in [5, 5.41) is 44.7. The van der Waals surface area contributed by atoms with Crippen LogP contribution in [0.3, 0.4) is 0 Å². The second-order valence-corrected chi connectivity index (χ2v) is 3.14. The van der Waals surface area contributed by atoms with Gasteiger partial charge in [0.25, 0.3) is 0 Å². The summed E-state index contributed by atoms with van der Waals surface area (Å²) in [7, 11) is 0. The Morgan fingerprint density at radius 3 is 1.50 bits per heavy atom. The van der Waals surface area contributed by atoms with Crippen molar-refractivity contribution in [1.29, 1.82) is 0 Å². The van der Waals surface area contributed by atoms with E-state index < -0.39 is 18.0 Å². The average Bonchev–Trinajstić information content (AvgIpc) is 2.38. The molecule has 0 amide bonds. The monoisotopic (exact) mass is 256 g/mol. The standard InChI is InChI=1S/C8H6O4.C3H8O3/c9-7(10)5-3-1-2-4-6(5)8(11)12;4-1-3(6)2-5/h1-4H,(H,9,10)(H,11,12);3-6H,1-2H2/p-2. The first-order chi connectivity index (χ1) is 8.43. The number of hydrogen-bond acceptors (Lipinski definition) is 7. The molecule has 1 aromatic carbocycles. The van der Waals surface area contributed by atoms with Gasteiger partial charge in [0, 0.05) is 11.1 Å². The van der Waals surface area contributed by atoms with Crippen LogP contribution in [-0.2, 0) is 0 Å². The van der Waals surface area contributed by atoms with Crippen molar-refractivity contribution in [3.63, 3.8) is 0 Å². The van der Waals surface area contributed by atoms with Gasteiger partial charge in [0.1, 0.15) is 6.10 Å². The lowest BCUT2D eigenvalue weighted by Crippen LogP contribution is -2.29. The third-order valence-corrected chi connectivity index (χ3v) is 1.79. The molecule has 0 aliphatic heterocycles. The summed E-state index contributed by atoms with van der Waals surface area (Å²) >= 11 is 0. The molecule has 0 atom stereocenters. The molecule has 7 heteroatoms. The zero-order chi connectivity index (χ0) is 14.1. The summed E-state index contributed by atoms with van der Waals surface area (Å²) in [6.45, 7) is -0.729. The van der Waals surface area contributed by atoms with E-state index in [9.17, 15) is 19.8 Å². The Kier molecular flexibility index (Phi) is 7.29. The highest BCUT2D eigenvalue weighted by atomic mass is 16.4. The van der Waals surface area contributed by atoms with Crippen LogP contribution in [0.25, 0.3) is 0 Å². The van der Waals surface area contributed by atoms with Gasteiger partial charge in [-0.1, -0.05) is 24.3 Å². The Balaban J connectivity index is 0.000000411. The van der Waals surface area contributed by atoms with E-state index in [4.69, 9.17) is 15.3 Å². The summed E-state index contributed by atoms with van der Waals surface area (Å²) < 4.78 is 0. The smallest absolute Gasteiger partial charge is 0.100 e. The Morgan fingerprint density at radius 2 is 1.33 bits per heavy atom. The fourth-order valence-electron chi connectivity index (χ4n) is 0.897. The molecule has 0 aromatic heterocycles. The van der Waals surface area contributed by atoms with Gasteiger partial charge in [-0.05, 0) is 0 Å². The number of aromatic carboxylic acids is 2. The fourth-order valence-corrected chi connectivity index (χ4v) is 0.897. The predicted molar refractivity (Wildman–Crippen MR) is 55.3 cm³/mol. The van der Waals surface area contributed by atoms with E-state index in [2.05, 4.69) is 0 Å². The van der Waals surface area contributed by atoms with Crippen LogP contribution in [0.5, 0.6) is 0 Å². The molecule has 0 unspecified atom stereocenters. The highest BCUT2D eigenvalue weighted by Gasteiger charge is 2.01. The molecule has 0 fully saturated rings.